The summed E-state index contributed by atoms with van der Waals surface area (Å²) in [7, 11) is 2.10. The second-order valence-electron chi connectivity index (χ2n) is 9.93. The fourth-order valence-corrected chi connectivity index (χ4v) is 6.02. The molecule has 33 heavy (non-hydrogen) atoms. The summed E-state index contributed by atoms with van der Waals surface area (Å²) in [4.78, 5) is 32.1. The SMILES string of the molecule is CN1CCN(C(=O)C[C@@H]2CC3(CCN(C(=O)c4ccccc4F)CC3)c3ccccc32)CC1. The van der Waals surface area contributed by atoms with Crippen LogP contribution in [0.4, 0.5) is 4.39 Å². The van der Waals surface area contributed by atoms with Gasteiger partial charge < -0.3 is 14.7 Å². The number of halogens is 1. The summed E-state index contributed by atoms with van der Waals surface area (Å²) >= 11 is 0. The lowest BCUT2D eigenvalue weighted by atomic mass is 9.73. The smallest absolute Gasteiger partial charge is 0.256 e. The summed E-state index contributed by atoms with van der Waals surface area (Å²) in [5.74, 6) is -0.207. The Balaban J connectivity index is 1.29. The molecular weight excluding hydrogens is 417 g/mol. The molecule has 174 valence electrons. The first-order valence-electron chi connectivity index (χ1n) is 12.1. The van der Waals surface area contributed by atoms with Crippen LogP contribution in [0.25, 0.3) is 0 Å². The van der Waals surface area contributed by atoms with Crippen LogP contribution in [0.15, 0.2) is 48.5 Å². The third-order valence-corrected chi connectivity index (χ3v) is 8.00. The van der Waals surface area contributed by atoms with Crippen LogP contribution >= 0.6 is 0 Å². The van der Waals surface area contributed by atoms with E-state index < -0.39 is 5.82 Å². The van der Waals surface area contributed by atoms with Gasteiger partial charge in [-0.15, -0.1) is 0 Å². The summed E-state index contributed by atoms with van der Waals surface area (Å²) in [5.41, 5.74) is 2.79. The van der Waals surface area contributed by atoms with Crippen molar-refractivity contribution in [3.05, 3.63) is 71.0 Å². The van der Waals surface area contributed by atoms with Crippen molar-refractivity contribution in [2.45, 2.75) is 37.0 Å². The summed E-state index contributed by atoms with van der Waals surface area (Å²) in [6, 6.07) is 14.8. The van der Waals surface area contributed by atoms with Crippen molar-refractivity contribution in [3.63, 3.8) is 0 Å². The number of likely N-dealkylation sites (tertiary alicyclic amines) is 1. The molecule has 2 aliphatic heterocycles. The van der Waals surface area contributed by atoms with E-state index in [1.807, 2.05) is 4.90 Å². The fraction of sp³-hybridized carbons (Fsp3) is 0.481. The molecule has 0 unspecified atom stereocenters. The van der Waals surface area contributed by atoms with Crippen molar-refractivity contribution in [2.75, 3.05) is 46.3 Å². The maximum Gasteiger partial charge on any atom is 0.256 e. The molecule has 1 aliphatic carbocycles. The van der Waals surface area contributed by atoms with Gasteiger partial charge in [0.25, 0.3) is 5.91 Å². The summed E-state index contributed by atoms with van der Waals surface area (Å²) in [6.07, 6.45) is 3.21. The first kappa shape index (κ1) is 22.1. The van der Waals surface area contributed by atoms with Gasteiger partial charge in [-0.1, -0.05) is 36.4 Å². The van der Waals surface area contributed by atoms with E-state index in [2.05, 4.69) is 36.2 Å². The van der Waals surface area contributed by atoms with Crippen molar-refractivity contribution in [1.82, 2.24) is 14.7 Å². The molecule has 1 spiro atoms. The van der Waals surface area contributed by atoms with Crippen LogP contribution in [-0.2, 0) is 10.2 Å². The molecule has 1 atom stereocenters. The number of carbonyl (C=O) groups excluding carboxylic acids is 2. The van der Waals surface area contributed by atoms with Crippen molar-refractivity contribution in [2.24, 2.45) is 0 Å². The highest BCUT2D eigenvalue weighted by Crippen LogP contribution is 2.52. The Morgan fingerprint density at radius 3 is 2.30 bits per heavy atom. The minimum atomic E-state index is -0.462. The van der Waals surface area contributed by atoms with E-state index in [0.29, 0.717) is 19.5 Å². The molecule has 0 N–H and O–H groups in total. The van der Waals surface area contributed by atoms with E-state index in [4.69, 9.17) is 0 Å². The monoisotopic (exact) mass is 449 g/mol. The van der Waals surface area contributed by atoms with E-state index in [1.54, 1.807) is 23.1 Å². The maximum atomic E-state index is 14.1. The van der Waals surface area contributed by atoms with Crippen molar-refractivity contribution in [3.8, 4) is 0 Å². The van der Waals surface area contributed by atoms with Gasteiger partial charge in [0.1, 0.15) is 5.82 Å². The van der Waals surface area contributed by atoms with Crippen LogP contribution in [0.1, 0.15) is 53.1 Å². The van der Waals surface area contributed by atoms with Gasteiger partial charge in [0.15, 0.2) is 0 Å². The Labute approximate surface area is 195 Å². The predicted molar refractivity (Wildman–Crippen MR) is 126 cm³/mol. The van der Waals surface area contributed by atoms with E-state index in [0.717, 1.165) is 45.4 Å². The average molecular weight is 450 g/mol. The number of piperazine rings is 1. The lowest BCUT2D eigenvalue weighted by Gasteiger charge is -2.40. The number of benzene rings is 2. The Bertz CT molecular complexity index is 1040. The first-order chi connectivity index (χ1) is 16.0. The van der Waals surface area contributed by atoms with Gasteiger partial charge in [0, 0.05) is 45.7 Å². The molecule has 2 amide bonds. The van der Waals surface area contributed by atoms with Crippen LogP contribution in [0.2, 0.25) is 0 Å². The van der Waals surface area contributed by atoms with E-state index in [1.165, 1.54) is 17.2 Å². The van der Waals surface area contributed by atoms with Crippen molar-refractivity contribution < 1.29 is 14.0 Å². The quantitative estimate of drug-likeness (QED) is 0.719. The number of carbonyl (C=O) groups is 2. The molecule has 2 aromatic carbocycles. The Morgan fingerprint density at radius 1 is 0.909 bits per heavy atom. The Hall–Kier alpha value is -2.73. The molecule has 3 aliphatic rings. The third-order valence-electron chi connectivity index (χ3n) is 8.00. The molecular formula is C27H32FN3O2. The largest absolute Gasteiger partial charge is 0.340 e. The summed E-state index contributed by atoms with van der Waals surface area (Å²) in [6.45, 7) is 4.71. The molecule has 2 aromatic rings. The van der Waals surface area contributed by atoms with Gasteiger partial charge in [-0.2, -0.15) is 0 Å². The number of piperidine rings is 1. The number of fused-ring (bicyclic) bond motifs is 2. The van der Waals surface area contributed by atoms with Crippen LogP contribution in [0.5, 0.6) is 0 Å². The number of hydrogen-bond donors (Lipinski definition) is 0. The van der Waals surface area contributed by atoms with Gasteiger partial charge >= 0.3 is 0 Å². The normalized spacial score (nSPS) is 22.4. The molecule has 6 heteroatoms. The molecule has 0 radical (unpaired) electrons. The molecule has 5 rings (SSSR count). The van der Waals surface area contributed by atoms with E-state index in [-0.39, 0.29) is 28.7 Å². The lowest BCUT2D eigenvalue weighted by molar-refractivity contribution is -0.133. The predicted octanol–water partition coefficient (Wildman–Crippen LogP) is 3.65. The van der Waals surface area contributed by atoms with Crippen LogP contribution < -0.4 is 0 Å². The summed E-state index contributed by atoms with van der Waals surface area (Å²) in [5, 5.41) is 0. The lowest BCUT2D eigenvalue weighted by Crippen LogP contribution is -2.47. The second-order valence-corrected chi connectivity index (χ2v) is 9.93. The first-order valence-corrected chi connectivity index (χ1v) is 12.1. The summed E-state index contributed by atoms with van der Waals surface area (Å²) < 4.78 is 14.1. The average Bonchev–Trinajstić information content (AvgIpc) is 3.13. The second kappa shape index (κ2) is 8.90. The van der Waals surface area contributed by atoms with Crippen molar-refractivity contribution in [1.29, 1.82) is 0 Å². The number of rotatable bonds is 3. The zero-order chi connectivity index (χ0) is 23.0. The molecule has 2 saturated heterocycles. The molecule has 0 bridgehead atoms. The Kier molecular flexibility index (Phi) is 5.95. The molecule has 5 nitrogen and oxygen atoms in total. The van der Waals surface area contributed by atoms with Gasteiger partial charge in [-0.25, -0.2) is 4.39 Å². The number of nitrogens with zero attached hydrogens (tertiary/aromatic N) is 3. The van der Waals surface area contributed by atoms with Crippen LogP contribution in [-0.4, -0.2) is 72.8 Å². The van der Waals surface area contributed by atoms with E-state index >= 15 is 0 Å². The highest BCUT2D eigenvalue weighted by molar-refractivity contribution is 5.94. The fourth-order valence-electron chi connectivity index (χ4n) is 6.02. The number of hydrogen-bond acceptors (Lipinski definition) is 3. The van der Waals surface area contributed by atoms with Gasteiger partial charge in [0.2, 0.25) is 5.91 Å². The van der Waals surface area contributed by atoms with Crippen LogP contribution in [0.3, 0.4) is 0 Å². The number of likely N-dealkylation sites (N-methyl/N-ethyl adjacent to an activating group) is 1. The number of amides is 2. The van der Waals surface area contributed by atoms with Gasteiger partial charge in [0.05, 0.1) is 5.56 Å². The van der Waals surface area contributed by atoms with Crippen molar-refractivity contribution >= 4 is 11.8 Å². The maximum absolute atomic E-state index is 14.1. The molecule has 0 saturated carbocycles. The molecule has 2 fully saturated rings. The minimum Gasteiger partial charge on any atom is -0.340 e. The van der Waals surface area contributed by atoms with Crippen LogP contribution in [0, 0.1) is 5.82 Å². The molecule has 2 heterocycles. The van der Waals surface area contributed by atoms with Gasteiger partial charge in [-0.3, -0.25) is 9.59 Å². The molecule has 0 aromatic heterocycles. The minimum absolute atomic E-state index is 0.00430. The standard InChI is InChI=1S/C27H32FN3O2/c1-29-14-16-30(17-15-29)25(32)18-20-19-27(23-8-4-2-6-21(20)23)10-12-31(13-11-27)26(33)22-7-3-5-9-24(22)28/h2-9,20H,10-19H2,1H3/t20-/m1/s1. The highest BCUT2D eigenvalue weighted by atomic mass is 19.1. The zero-order valence-electron chi connectivity index (χ0n) is 19.3. The van der Waals surface area contributed by atoms with Gasteiger partial charge in [-0.05, 0) is 60.9 Å². The topological polar surface area (TPSA) is 43.9 Å². The van der Waals surface area contributed by atoms with E-state index in [9.17, 15) is 14.0 Å². The Morgan fingerprint density at radius 2 is 1.58 bits per heavy atom. The highest BCUT2D eigenvalue weighted by Gasteiger charge is 2.46. The third kappa shape index (κ3) is 4.17. The zero-order valence-corrected chi connectivity index (χ0v) is 19.3.